The summed E-state index contributed by atoms with van der Waals surface area (Å²) < 4.78 is 25.1. The molecule has 4 aliphatic carbocycles. The first-order chi connectivity index (χ1) is 22.5. The SMILES string of the molecule is CC(=O)O[C@@H]1C[C@@H]2[C@@]3(C)CC[C@@H](O[C@@H]4O[C@H](CO)[C@@H](O)[C@H](O)[C@H]4O)C(C)(C)[C@H]3CC[C@@]2(C)[C@]2(C)CC[C@](O)([C@]3(C)CC[C@H](C(C)(C)O)O3)[C@@H]12. The molecule has 2 heterocycles. The first kappa shape index (κ1) is 37.9. The summed E-state index contributed by atoms with van der Waals surface area (Å²) in [5.74, 6) is -0.301. The Bertz CT molecular complexity index is 1270. The summed E-state index contributed by atoms with van der Waals surface area (Å²) in [6.07, 6.45) is -1.29. The van der Waals surface area contributed by atoms with Gasteiger partial charge in [0.1, 0.15) is 36.1 Å². The standard InChI is InChI=1S/C38H64O11/c1-20(40)46-21-18-24-34(6)13-11-25(48-31-29(43)28(42)27(41)22(19-39)47-31)32(2,3)23(34)10-14-35(24,7)36(8)16-17-38(45,30(21)36)37(9)15-12-26(49-37)33(4,5)44/h21-31,39,41-45H,10-19H2,1-9H3/t21-,22-,23-,24-,25-,26-,27-,28+,29-,30+,31+,34+,35-,36-,37+,38-/m1/s1. The summed E-state index contributed by atoms with van der Waals surface area (Å²) in [6, 6.07) is 0. The van der Waals surface area contributed by atoms with Crippen molar-refractivity contribution in [3.05, 3.63) is 0 Å². The van der Waals surface area contributed by atoms with E-state index in [1.54, 1.807) is 13.8 Å². The number of esters is 1. The number of ether oxygens (including phenoxy) is 4. The van der Waals surface area contributed by atoms with Crippen molar-refractivity contribution in [2.45, 2.75) is 186 Å². The quantitative estimate of drug-likeness (QED) is 0.178. The molecule has 0 bridgehead atoms. The number of fused-ring (bicyclic) bond motifs is 5. The molecule has 0 spiro atoms. The van der Waals surface area contributed by atoms with E-state index in [2.05, 4.69) is 34.6 Å². The van der Waals surface area contributed by atoms with Crippen molar-refractivity contribution in [3.8, 4) is 0 Å². The first-order valence-corrected chi connectivity index (χ1v) is 18.8. The number of hydrogen-bond donors (Lipinski definition) is 6. The molecule has 2 saturated heterocycles. The lowest BCUT2D eigenvalue weighted by molar-refractivity contribution is -0.333. The average Bonchev–Trinajstić information content (AvgIpc) is 3.56. The predicted molar refractivity (Wildman–Crippen MR) is 179 cm³/mol. The van der Waals surface area contributed by atoms with E-state index >= 15 is 0 Å². The van der Waals surface area contributed by atoms with Crippen LogP contribution in [0.5, 0.6) is 0 Å². The molecular weight excluding hydrogens is 632 g/mol. The van der Waals surface area contributed by atoms with Gasteiger partial charge in [0.15, 0.2) is 6.29 Å². The van der Waals surface area contributed by atoms with E-state index in [4.69, 9.17) is 18.9 Å². The Morgan fingerprint density at radius 1 is 0.857 bits per heavy atom. The van der Waals surface area contributed by atoms with Crippen LogP contribution >= 0.6 is 0 Å². The van der Waals surface area contributed by atoms with Crippen LogP contribution < -0.4 is 0 Å². The number of carbonyl (C=O) groups is 1. The van der Waals surface area contributed by atoms with Gasteiger partial charge >= 0.3 is 5.97 Å². The zero-order valence-corrected chi connectivity index (χ0v) is 31.1. The molecule has 0 aromatic carbocycles. The van der Waals surface area contributed by atoms with Gasteiger partial charge in [0.2, 0.25) is 0 Å². The molecule has 6 rings (SSSR count). The van der Waals surface area contributed by atoms with E-state index in [-0.39, 0.29) is 51.5 Å². The molecule has 0 unspecified atom stereocenters. The van der Waals surface area contributed by atoms with Crippen molar-refractivity contribution in [2.24, 2.45) is 39.4 Å². The smallest absolute Gasteiger partial charge is 0.302 e. The largest absolute Gasteiger partial charge is 0.462 e. The van der Waals surface area contributed by atoms with Crippen molar-refractivity contribution in [1.29, 1.82) is 0 Å². The fraction of sp³-hybridized carbons (Fsp3) is 0.974. The Hall–Kier alpha value is -0.890. The fourth-order valence-electron chi connectivity index (χ4n) is 12.9. The minimum atomic E-state index is -1.50. The lowest BCUT2D eigenvalue weighted by Gasteiger charge is -2.71. The number of hydrogen-bond acceptors (Lipinski definition) is 11. The molecule has 2 aliphatic heterocycles. The Kier molecular flexibility index (Phi) is 9.32. The highest BCUT2D eigenvalue weighted by Crippen LogP contribution is 2.77. The van der Waals surface area contributed by atoms with Crippen molar-refractivity contribution in [3.63, 3.8) is 0 Å². The number of aliphatic hydroxyl groups is 6. The summed E-state index contributed by atoms with van der Waals surface area (Å²) in [6.45, 7) is 17.9. The Morgan fingerprint density at radius 2 is 1.53 bits per heavy atom. The van der Waals surface area contributed by atoms with Gasteiger partial charge in [-0.15, -0.1) is 0 Å². The third-order valence-corrected chi connectivity index (χ3v) is 15.8. The van der Waals surface area contributed by atoms with Crippen LogP contribution in [0.15, 0.2) is 0 Å². The minimum Gasteiger partial charge on any atom is -0.462 e. The van der Waals surface area contributed by atoms with Gasteiger partial charge in [-0.1, -0.05) is 34.6 Å². The maximum atomic E-state index is 12.9. The second-order valence-corrected chi connectivity index (χ2v) is 19.0. The van der Waals surface area contributed by atoms with Gasteiger partial charge in [0.25, 0.3) is 0 Å². The van der Waals surface area contributed by atoms with Gasteiger partial charge in [-0.05, 0) is 112 Å². The van der Waals surface area contributed by atoms with Gasteiger partial charge in [-0.3, -0.25) is 4.79 Å². The lowest BCUT2D eigenvalue weighted by Crippen LogP contribution is -2.70. The third-order valence-electron chi connectivity index (χ3n) is 15.8. The topological polar surface area (TPSA) is 175 Å². The zero-order chi connectivity index (χ0) is 36.3. The van der Waals surface area contributed by atoms with Crippen LogP contribution in [0.3, 0.4) is 0 Å². The maximum Gasteiger partial charge on any atom is 0.302 e. The lowest BCUT2D eigenvalue weighted by atomic mass is 9.35. The van der Waals surface area contributed by atoms with E-state index in [9.17, 15) is 35.4 Å². The van der Waals surface area contributed by atoms with Crippen molar-refractivity contribution in [1.82, 2.24) is 0 Å². The van der Waals surface area contributed by atoms with Crippen LogP contribution in [-0.2, 0) is 23.7 Å². The number of carbonyl (C=O) groups excluding carboxylic acids is 1. The van der Waals surface area contributed by atoms with Crippen LogP contribution in [0.2, 0.25) is 0 Å². The molecule has 49 heavy (non-hydrogen) atoms. The summed E-state index contributed by atoms with van der Waals surface area (Å²) in [7, 11) is 0. The predicted octanol–water partition coefficient (Wildman–Crippen LogP) is 3.22. The summed E-state index contributed by atoms with van der Waals surface area (Å²) >= 11 is 0. The third kappa shape index (κ3) is 5.41. The van der Waals surface area contributed by atoms with E-state index in [1.165, 1.54) is 6.92 Å². The molecule has 6 N–H and O–H groups in total. The molecule has 4 saturated carbocycles. The van der Waals surface area contributed by atoms with Gasteiger partial charge in [-0.2, -0.15) is 0 Å². The summed E-state index contributed by atoms with van der Waals surface area (Å²) in [5.41, 5.74) is -4.23. The summed E-state index contributed by atoms with van der Waals surface area (Å²) in [4.78, 5) is 12.8. The van der Waals surface area contributed by atoms with Crippen LogP contribution in [0, 0.1) is 39.4 Å². The Labute approximate surface area is 292 Å². The Morgan fingerprint density at radius 3 is 2.12 bits per heavy atom. The van der Waals surface area contributed by atoms with E-state index in [1.807, 2.05) is 6.92 Å². The van der Waals surface area contributed by atoms with E-state index < -0.39 is 66.3 Å². The van der Waals surface area contributed by atoms with E-state index in [0.29, 0.717) is 32.1 Å². The first-order valence-electron chi connectivity index (χ1n) is 18.8. The molecule has 0 amide bonds. The molecule has 6 fully saturated rings. The molecule has 0 radical (unpaired) electrons. The molecule has 0 aromatic heterocycles. The molecule has 6 aliphatic rings. The normalized spacial score (nSPS) is 54.1. The van der Waals surface area contributed by atoms with E-state index in [0.717, 1.165) is 25.7 Å². The maximum absolute atomic E-state index is 12.9. The molecule has 11 nitrogen and oxygen atoms in total. The highest BCUT2D eigenvalue weighted by atomic mass is 16.7. The molecule has 11 heteroatoms. The van der Waals surface area contributed by atoms with Gasteiger partial charge in [0, 0.05) is 12.8 Å². The molecular formula is C38H64O11. The Balaban J connectivity index is 1.31. The van der Waals surface area contributed by atoms with Crippen LogP contribution in [0.4, 0.5) is 0 Å². The fourth-order valence-corrected chi connectivity index (χ4v) is 12.9. The number of rotatable bonds is 6. The van der Waals surface area contributed by atoms with Crippen molar-refractivity contribution in [2.75, 3.05) is 6.61 Å². The number of aliphatic hydroxyl groups excluding tert-OH is 4. The van der Waals surface area contributed by atoms with Crippen LogP contribution in [-0.4, -0.2) is 109 Å². The van der Waals surface area contributed by atoms with Crippen LogP contribution in [0.25, 0.3) is 0 Å². The average molecular weight is 697 g/mol. The van der Waals surface area contributed by atoms with Crippen molar-refractivity contribution < 1.29 is 54.4 Å². The highest BCUT2D eigenvalue weighted by molar-refractivity contribution is 5.66. The molecule has 16 atom stereocenters. The monoisotopic (exact) mass is 696 g/mol. The van der Waals surface area contributed by atoms with Gasteiger partial charge in [0.05, 0.1) is 30.0 Å². The second-order valence-electron chi connectivity index (χ2n) is 19.0. The van der Waals surface area contributed by atoms with Gasteiger partial charge in [-0.25, -0.2) is 0 Å². The second kappa shape index (κ2) is 12.1. The minimum absolute atomic E-state index is 0.154. The molecule has 0 aromatic rings. The van der Waals surface area contributed by atoms with Crippen LogP contribution in [0.1, 0.15) is 120 Å². The van der Waals surface area contributed by atoms with Crippen molar-refractivity contribution >= 4 is 5.97 Å². The zero-order valence-electron chi connectivity index (χ0n) is 31.1. The highest BCUT2D eigenvalue weighted by Gasteiger charge is 2.76. The molecule has 282 valence electrons. The van der Waals surface area contributed by atoms with Gasteiger partial charge < -0.3 is 49.6 Å². The summed E-state index contributed by atoms with van der Waals surface area (Å²) in [5, 5.41) is 65.0.